The summed E-state index contributed by atoms with van der Waals surface area (Å²) >= 11 is 2.42. The molecular weight excluding hydrogens is 298 g/mol. The van der Waals surface area contributed by atoms with Gasteiger partial charge in [-0.1, -0.05) is 35.0 Å². The van der Waals surface area contributed by atoms with Crippen LogP contribution in [0.2, 0.25) is 0 Å². The van der Waals surface area contributed by atoms with Crippen molar-refractivity contribution in [3.8, 4) is 0 Å². The highest BCUT2D eigenvalue weighted by Gasteiger charge is 2.29. The Balaban J connectivity index is 2.79. The molecular formula is C13H20BrNOS. The predicted molar refractivity (Wildman–Crippen MR) is 78.2 cm³/mol. The molecule has 0 bridgehead atoms. The van der Waals surface area contributed by atoms with Crippen LogP contribution in [-0.2, 0) is 11.4 Å². The van der Waals surface area contributed by atoms with E-state index in [0.29, 0.717) is 0 Å². The van der Waals surface area contributed by atoms with Gasteiger partial charge in [0.2, 0.25) is 0 Å². The van der Waals surface area contributed by atoms with E-state index in [4.69, 9.17) is 0 Å². The molecule has 0 aliphatic heterocycles. The minimum absolute atomic E-state index is 0.132. The van der Waals surface area contributed by atoms with Crippen molar-refractivity contribution in [2.45, 2.75) is 44.9 Å². The maximum Gasteiger partial charge on any atom is 0.136 e. The first kappa shape index (κ1) is 15.0. The van der Waals surface area contributed by atoms with Crippen LogP contribution in [0, 0.1) is 0 Å². The van der Waals surface area contributed by atoms with Crippen molar-refractivity contribution >= 4 is 27.3 Å². The topological polar surface area (TPSA) is 35.1 Å². The van der Waals surface area contributed by atoms with E-state index in [-0.39, 0.29) is 10.8 Å². The molecule has 4 heteroatoms. The van der Waals surface area contributed by atoms with Crippen molar-refractivity contribution < 1.29 is 4.55 Å². The van der Waals surface area contributed by atoms with Crippen molar-refractivity contribution in [2.75, 3.05) is 0 Å². The predicted octanol–water partition coefficient (Wildman–Crippen LogP) is 3.95. The van der Waals surface area contributed by atoms with Gasteiger partial charge in [0, 0.05) is 15.8 Å². The molecule has 0 heterocycles. The second-order valence-corrected chi connectivity index (χ2v) is 7.93. The molecule has 1 aromatic rings. The third-order valence-electron chi connectivity index (χ3n) is 2.46. The Bertz CT molecular complexity index is 365. The van der Waals surface area contributed by atoms with Crippen molar-refractivity contribution in [2.24, 2.45) is 0 Å². The van der Waals surface area contributed by atoms with Gasteiger partial charge in [0.25, 0.3) is 0 Å². The second kappa shape index (κ2) is 6.23. The molecule has 2 nitrogen and oxygen atoms in total. The van der Waals surface area contributed by atoms with Crippen LogP contribution in [-0.4, -0.2) is 9.30 Å². The number of hydrogen-bond acceptors (Lipinski definition) is 2. The van der Waals surface area contributed by atoms with Crippen LogP contribution in [0.25, 0.3) is 0 Å². The van der Waals surface area contributed by atoms with Gasteiger partial charge < -0.3 is 4.55 Å². The van der Waals surface area contributed by atoms with Gasteiger partial charge in [-0.05, 0) is 44.9 Å². The van der Waals surface area contributed by atoms with Crippen LogP contribution < -0.4 is 4.72 Å². The molecule has 0 aliphatic rings. The quantitative estimate of drug-likeness (QED) is 0.853. The Morgan fingerprint density at radius 1 is 1.41 bits per heavy atom. The maximum atomic E-state index is 12.1. The Morgan fingerprint density at radius 2 is 2.06 bits per heavy atom. The summed E-state index contributed by atoms with van der Waals surface area (Å²) < 4.78 is 16.1. The minimum atomic E-state index is -1.04. The number of benzene rings is 1. The van der Waals surface area contributed by atoms with Crippen LogP contribution in [0.5, 0.6) is 0 Å². The number of nitrogens with one attached hydrogen (secondary N) is 1. The molecule has 0 fully saturated rings. The van der Waals surface area contributed by atoms with E-state index in [0.717, 1.165) is 10.9 Å². The highest BCUT2D eigenvalue weighted by Crippen LogP contribution is 2.24. The Hall–Kier alpha value is -0.0300. The number of hydrogen-bond donors (Lipinski definition) is 1. The molecule has 0 aromatic heterocycles. The molecule has 0 spiro atoms. The molecule has 17 heavy (non-hydrogen) atoms. The molecule has 0 amide bonds. The van der Waals surface area contributed by atoms with Crippen LogP contribution >= 0.6 is 15.9 Å². The van der Waals surface area contributed by atoms with E-state index in [1.807, 2.05) is 32.9 Å². The number of rotatable bonds is 4. The molecule has 0 unspecified atom stereocenters. The van der Waals surface area contributed by atoms with E-state index >= 15 is 0 Å². The lowest BCUT2D eigenvalue weighted by Crippen LogP contribution is -2.41. The fourth-order valence-electron chi connectivity index (χ4n) is 1.42. The van der Waals surface area contributed by atoms with Crippen LogP contribution in [0.15, 0.2) is 28.7 Å². The zero-order valence-corrected chi connectivity index (χ0v) is 13.2. The third kappa shape index (κ3) is 4.62. The van der Waals surface area contributed by atoms with E-state index in [2.05, 4.69) is 39.7 Å². The Morgan fingerprint density at radius 3 is 2.53 bits per heavy atom. The van der Waals surface area contributed by atoms with Crippen molar-refractivity contribution in [3.05, 3.63) is 34.3 Å². The van der Waals surface area contributed by atoms with Crippen molar-refractivity contribution in [1.82, 2.24) is 4.72 Å². The van der Waals surface area contributed by atoms with Crippen LogP contribution in [0.4, 0.5) is 0 Å². The van der Waals surface area contributed by atoms with E-state index < -0.39 is 11.4 Å². The van der Waals surface area contributed by atoms with Crippen molar-refractivity contribution in [3.63, 3.8) is 0 Å². The summed E-state index contributed by atoms with van der Waals surface area (Å²) in [6.07, 6.45) is 0.915. The molecule has 1 N–H and O–H groups in total. The highest BCUT2D eigenvalue weighted by molar-refractivity contribution is 9.10. The summed E-state index contributed by atoms with van der Waals surface area (Å²) in [5.74, 6) is 0. The molecule has 1 rings (SSSR count). The first-order valence-corrected chi connectivity index (χ1v) is 7.72. The lowest BCUT2D eigenvalue weighted by molar-refractivity contribution is 0.518. The molecule has 0 aliphatic carbocycles. The molecule has 96 valence electrons. The zero-order valence-electron chi connectivity index (χ0n) is 10.8. The van der Waals surface area contributed by atoms with E-state index in [9.17, 15) is 4.55 Å². The minimum Gasteiger partial charge on any atom is -0.598 e. The van der Waals surface area contributed by atoms with Gasteiger partial charge in [-0.2, -0.15) is 0 Å². The van der Waals surface area contributed by atoms with Gasteiger partial charge in [-0.3, -0.25) is 0 Å². The van der Waals surface area contributed by atoms with E-state index in [1.165, 1.54) is 5.56 Å². The normalized spacial score (nSPS) is 15.6. The lowest BCUT2D eigenvalue weighted by Gasteiger charge is -2.27. The van der Waals surface area contributed by atoms with E-state index in [1.54, 1.807) is 0 Å². The van der Waals surface area contributed by atoms with Gasteiger partial charge >= 0.3 is 0 Å². The first-order valence-electron chi connectivity index (χ1n) is 5.78. The highest BCUT2D eigenvalue weighted by atomic mass is 79.9. The molecule has 0 radical (unpaired) electrons. The molecule has 0 saturated heterocycles. The average molecular weight is 318 g/mol. The molecule has 2 atom stereocenters. The Kier molecular flexibility index (Phi) is 5.51. The first-order chi connectivity index (χ1) is 7.84. The van der Waals surface area contributed by atoms with Crippen LogP contribution in [0.1, 0.15) is 45.7 Å². The average Bonchev–Trinajstić information content (AvgIpc) is 2.24. The standard InChI is InChI=1S/C13H20BrNOS/c1-5-12(15-17(16)13(2,3)4)10-7-6-8-11(14)9-10/h6-9,12,15H,5H2,1-4H3/t12-,17-/m1/s1. The van der Waals surface area contributed by atoms with Gasteiger partial charge in [0.05, 0.1) is 6.04 Å². The number of halogens is 1. The summed E-state index contributed by atoms with van der Waals surface area (Å²) in [6.45, 7) is 8.02. The summed E-state index contributed by atoms with van der Waals surface area (Å²) in [7, 11) is 0. The Labute approximate surface area is 116 Å². The van der Waals surface area contributed by atoms with Gasteiger partial charge in [0.15, 0.2) is 0 Å². The fraction of sp³-hybridized carbons (Fsp3) is 0.538. The second-order valence-electron chi connectivity index (χ2n) is 5.01. The third-order valence-corrected chi connectivity index (χ3v) is 4.57. The van der Waals surface area contributed by atoms with Gasteiger partial charge in [-0.15, -0.1) is 4.72 Å². The van der Waals surface area contributed by atoms with Gasteiger partial charge in [-0.25, -0.2) is 0 Å². The monoisotopic (exact) mass is 317 g/mol. The summed E-state index contributed by atoms with van der Waals surface area (Å²) in [5.41, 5.74) is 1.17. The summed E-state index contributed by atoms with van der Waals surface area (Å²) in [6, 6.07) is 8.26. The fourth-order valence-corrected chi connectivity index (χ4v) is 2.75. The smallest absolute Gasteiger partial charge is 0.136 e. The SMILES string of the molecule is CC[C@@H](N[S@+]([O-])C(C)(C)C)c1cccc(Br)c1. The van der Waals surface area contributed by atoms with Crippen molar-refractivity contribution in [1.29, 1.82) is 0 Å². The van der Waals surface area contributed by atoms with Gasteiger partial charge in [0.1, 0.15) is 4.75 Å². The molecule has 1 aromatic carbocycles. The summed E-state index contributed by atoms with van der Waals surface area (Å²) in [4.78, 5) is 0. The maximum absolute atomic E-state index is 12.1. The summed E-state index contributed by atoms with van der Waals surface area (Å²) in [5, 5.41) is 0. The van der Waals surface area contributed by atoms with Crippen LogP contribution in [0.3, 0.4) is 0 Å². The zero-order chi connectivity index (χ0) is 13.1. The lowest BCUT2D eigenvalue weighted by atomic mass is 10.1. The largest absolute Gasteiger partial charge is 0.598 e. The molecule has 0 saturated carbocycles.